The average molecular weight is 381 g/mol. The minimum absolute atomic E-state index is 0.0255. The summed E-state index contributed by atoms with van der Waals surface area (Å²) in [5, 5.41) is 15.6. The van der Waals surface area contributed by atoms with Crippen LogP contribution in [0.3, 0.4) is 0 Å². The lowest BCUT2D eigenvalue weighted by Gasteiger charge is -2.04. The Morgan fingerprint density at radius 1 is 1.04 bits per heavy atom. The van der Waals surface area contributed by atoms with Gasteiger partial charge in [0.15, 0.2) is 0 Å². The molecule has 28 heavy (non-hydrogen) atoms. The minimum Gasteiger partial charge on any atom is -0.478 e. The first-order valence-electron chi connectivity index (χ1n) is 8.26. The molecule has 0 saturated carbocycles. The van der Waals surface area contributed by atoms with Crippen LogP contribution in [0.4, 0.5) is 10.1 Å². The SMILES string of the molecule is O=C(CNc1ccc(F)cc1)N/N=C\c1ccc(-c2ccc(C(=O)O)cc2)o1. The van der Waals surface area contributed by atoms with E-state index in [1.807, 2.05) is 0 Å². The fraction of sp³-hybridized carbons (Fsp3) is 0.0500. The molecule has 0 aliphatic carbocycles. The Morgan fingerprint density at radius 2 is 1.75 bits per heavy atom. The third-order valence-electron chi connectivity index (χ3n) is 3.72. The molecule has 142 valence electrons. The van der Waals surface area contributed by atoms with E-state index >= 15 is 0 Å². The van der Waals surface area contributed by atoms with Gasteiger partial charge in [0.05, 0.1) is 18.3 Å². The number of carbonyl (C=O) groups is 2. The zero-order valence-electron chi connectivity index (χ0n) is 14.6. The van der Waals surface area contributed by atoms with Crippen molar-refractivity contribution in [2.45, 2.75) is 0 Å². The van der Waals surface area contributed by atoms with E-state index in [1.54, 1.807) is 24.3 Å². The highest BCUT2D eigenvalue weighted by Gasteiger charge is 2.06. The summed E-state index contributed by atoms with van der Waals surface area (Å²) in [5.41, 5.74) is 3.87. The Kier molecular flexibility index (Phi) is 5.81. The lowest BCUT2D eigenvalue weighted by atomic mass is 10.1. The summed E-state index contributed by atoms with van der Waals surface area (Å²) in [5.74, 6) is -0.762. The summed E-state index contributed by atoms with van der Waals surface area (Å²) in [6.45, 7) is -0.0255. The lowest BCUT2D eigenvalue weighted by Crippen LogP contribution is -2.25. The number of hydrogen-bond donors (Lipinski definition) is 3. The Bertz CT molecular complexity index is 995. The monoisotopic (exact) mass is 381 g/mol. The molecule has 0 unspecified atom stereocenters. The molecule has 2 aromatic carbocycles. The van der Waals surface area contributed by atoms with Gasteiger partial charge >= 0.3 is 5.97 Å². The van der Waals surface area contributed by atoms with Crippen LogP contribution in [0.25, 0.3) is 11.3 Å². The predicted molar refractivity (Wildman–Crippen MR) is 102 cm³/mol. The zero-order chi connectivity index (χ0) is 19.9. The first-order valence-corrected chi connectivity index (χ1v) is 8.26. The maximum atomic E-state index is 12.8. The van der Waals surface area contributed by atoms with Gasteiger partial charge in [0.25, 0.3) is 5.91 Å². The van der Waals surface area contributed by atoms with E-state index in [9.17, 15) is 14.0 Å². The van der Waals surface area contributed by atoms with E-state index in [2.05, 4.69) is 15.8 Å². The fourth-order valence-electron chi connectivity index (χ4n) is 2.31. The van der Waals surface area contributed by atoms with Crippen molar-refractivity contribution in [1.82, 2.24) is 5.43 Å². The quantitative estimate of drug-likeness (QED) is 0.430. The number of hydrazone groups is 1. The number of rotatable bonds is 7. The molecule has 0 saturated heterocycles. The Morgan fingerprint density at radius 3 is 2.43 bits per heavy atom. The van der Waals surface area contributed by atoms with Crippen molar-refractivity contribution in [3.05, 3.63) is 77.8 Å². The molecule has 3 N–H and O–H groups in total. The summed E-state index contributed by atoms with van der Waals surface area (Å²) in [4.78, 5) is 22.6. The van der Waals surface area contributed by atoms with Crippen molar-refractivity contribution in [1.29, 1.82) is 0 Å². The van der Waals surface area contributed by atoms with Gasteiger partial charge in [-0.3, -0.25) is 4.79 Å². The average Bonchev–Trinajstić information content (AvgIpc) is 3.16. The zero-order valence-corrected chi connectivity index (χ0v) is 14.6. The first-order chi connectivity index (χ1) is 13.5. The second-order valence-electron chi connectivity index (χ2n) is 5.74. The Balaban J connectivity index is 1.51. The molecule has 0 fully saturated rings. The summed E-state index contributed by atoms with van der Waals surface area (Å²) >= 11 is 0. The molecule has 3 aromatic rings. The van der Waals surface area contributed by atoms with Crippen LogP contribution in [0.1, 0.15) is 16.1 Å². The van der Waals surface area contributed by atoms with E-state index in [-0.39, 0.29) is 23.8 Å². The number of hydrogen-bond acceptors (Lipinski definition) is 5. The van der Waals surface area contributed by atoms with Gasteiger partial charge in [-0.2, -0.15) is 5.10 Å². The molecule has 7 nitrogen and oxygen atoms in total. The normalized spacial score (nSPS) is 10.8. The van der Waals surface area contributed by atoms with Crippen molar-refractivity contribution in [3.63, 3.8) is 0 Å². The molecule has 1 amide bonds. The lowest BCUT2D eigenvalue weighted by molar-refractivity contribution is -0.119. The number of halogens is 1. The number of anilines is 1. The second kappa shape index (κ2) is 8.63. The van der Waals surface area contributed by atoms with E-state index in [0.29, 0.717) is 17.2 Å². The van der Waals surface area contributed by atoms with E-state index in [0.717, 1.165) is 5.56 Å². The van der Waals surface area contributed by atoms with Crippen LogP contribution >= 0.6 is 0 Å². The van der Waals surface area contributed by atoms with Crippen LogP contribution in [0.2, 0.25) is 0 Å². The molecular weight excluding hydrogens is 365 g/mol. The Hall–Kier alpha value is -3.94. The highest BCUT2D eigenvalue weighted by atomic mass is 19.1. The van der Waals surface area contributed by atoms with Crippen molar-refractivity contribution in [2.24, 2.45) is 5.10 Å². The maximum absolute atomic E-state index is 12.8. The van der Waals surface area contributed by atoms with Gasteiger partial charge < -0.3 is 14.8 Å². The molecule has 1 aromatic heterocycles. The molecule has 0 aliphatic rings. The number of benzene rings is 2. The smallest absolute Gasteiger partial charge is 0.335 e. The van der Waals surface area contributed by atoms with E-state index in [4.69, 9.17) is 9.52 Å². The van der Waals surface area contributed by atoms with Crippen LogP contribution < -0.4 is 10.7 Å². The van der Waals surface area contributed by atoms with Gasteiger partial charge in [0, 0.05) is 11.3 Å². The van der Waals surface area contributed by atoms with E-state index < -0.39 is 5.97 Å². The molecule has 1 heterocycles. The highest BCUT2D eigenvalue weighted by Crippen LogP contribution is 2.22. The predicted octanol–water partition coefficient (Wildman–Crippen LogP) is 3.35. The summed E-state index contributed by atoms with van der Waals surface area (Å²) in [6.07, 6.45) is 1.35. The molecule has 0 spiro atoms. The number of nitrogens with one attached hydrogen (secondary N) is 2. The van der Waals surface area contributed by atoms with E-state index in [1.165, 1.54) is 42.6 Å². The highest BCUT2D eigenvalue weighted by molar-refractivity contribution is 5.88. The van der Waals surface area contributed by atoms with Gasteiger partial charge in [-0.05, 0) is 48.5 Å². The number of amides is 1. The number of aromatic carboxylic acids is 1. The van der Waals surface area contributed by atoms with Crippen LogP contribution in [-0.4, -0.2) is 29.7 Å². The number of carbonyl (C=O) groups excluding carboxylic acids is 1. The van der Waals surface area contributed by atoms with Crippen molar-refractivity contribution in [3.8, 4) is 11.3 Å². The maximum Gasteiger partial charge on any atom is 0.335 e. The largest absolute Gasteiger partial charge is 0.478 e. The topological polar surface area (TPSA) is 104 Å². The third kappa shape index (κ3) is 5.04. The molecule has 0 bridgehead atoms. The molecule has 0 aliphatic heterocycles. The summed E-state index contributed by atoms with van der Waals surface area (Å²) in [7, 11) is 0. The number of nitrogens with zero attached hydrogens (tertiary/aromatic N) is 1. The minimum atomic E-state index is -0.997. The number of carboxylic acid groups (broad SMARTS) is 1. The molecule has 3 rings (SSSR count). The van der Waals surface area contributed by atoms with Gasteiger partial charge in [0.2, 0.25) is 0 Å². The third-order valence-corrected chi connectivity index (χ3v) is 3.72. The van der Waals surface area contributed by atoms with Crippen molar-refractivity contribution in [2.75, 3.05) is 11.9 Å². The van der Waals surface area contributed by atoms with Crippen molar-refractivity contribution < 1.29 is 23.5 Å². The summed E-state index contributed by atoms with van der Waals surface area (Å²) < 4.78 is 18.4. The molecular formula is C20H16FN3O4. The Labute approximate surface area is 159 Å². The van der Waals surface area contributed by atoms with Crippen LogP contribution in [0, 0.1) is 5.82 Å². The van der Waals surface area contributed by atoms with Crippen LogP contribution in [0.15, 0.2) is 70.2 Å². The number of carboxylic acids is 1. The molecule has 8 heteroatoms. The van der Waals surface area contributed by atoms with Gasteiger partial charge in [-0.1, -0.05) is 12.1 Å². The van der Waals surface area contributed by atoms with Crippen molar-refractivity contribution >= 4 is 23.8 Å². The number of furan rings is 1. The van der Waals surface area contributed by atoms with Gasteiger partial charge in [-0.25, -0.2) is 14.6 Å². The summed E-state index contributed by atoms with van der Waals surface area (Å²) in [6, 6.07) is 15.3. The standard InChI is InChI=1S/C20H16FN3O4/c21-15-5-7-16(8-6-15)22-12-19(25)24-23-11-17-9-10-18(28-17)13-1-3-14(4-2-13)20(26)27/h1-11,22H,12H2,(H,24,25)(H,26,27)/b23-11-. The van der Waals surface area contributed by atoms with Crippen LogP contribution in [0.5, 0.6) is 0 Å². The fourth-order valence-corrected chi connectivity index (χ4v) is 2.31. The molecule has 0 atom stereocenters. The molecule has 0 radical (unpaired) electrons. The second-order valence-corrected chi connectivity index (χ2v) is 5.74. The van der Waals surface area contributed by atoms with Gasteiger partial charge in [0.1, 0.15) is 17.3 Å². The van der Waals surface area contributed by atoms with Crippen LogP contribution in [-0.2, 0) is 4.79 Å². The van der Waals surface area contributed by atoms with Gasteiger partial charge in [-0.15, -0.1) is 0 Å². The first kappa shape index (κ1) is 18.8.